The molecular weight excluding hydrogens is 424 g/mol. The van der Waals surface area contributed by atoms with Crippen LogP contribution < -0.4 is 10.4 Å². The predicted octanol–water partition coefficient (Wildman–Crippen LogP) is 6.00. The summed E-state index contributed by atoms with van der Waals surface area (Å²) in [4.78, 5) is 0. The minimum absolute atomic E-state index is 0.0176. The van der Waals surface area contributed by atoms with E-state index in [0.717, 1.165) is 45.5 Å². The molecule has 1 fully saturated rings. The molecule has 0 unspecified atom stereocenters. The van der Waals surface area contributed by atoms with Crippen LogP contribution >= 0.6 is 0 Å². The topological polar surface area (TPSA) is 27.7 Å². The maximum absolute atomic E-state index is 6.95. The van der Waals surface area contributed by atoms with Gasteiger partial charge in [0, 0.05) is 13.0 Å². The SMILES string of the molecule is CC(=CC=CCCCO[Si](c1ccccc1)(c1ccccc1)C(C)(C)C)CCC1OCCO1. The molecule has 33 heavy (non-hydrogen) atoms. The van der Waals surface area contributed by atoms with Crippen LogP contribution in [0.2, 0.25) is 5.04 Å². The van der Waals surface area contributed by atoms with Gasteiger partial charge in [-0.05, 0) is 41.6 Å². The number of ether oxygens (including phenoxy) is 2. The smallest absolute Gasteiger partial charge is 0.261 e. The largest absolute Gasteiger partial charge is 0.407 e. The van der Waals surface area contributed by atoms with Gasteiger partial charge < -0.3 is 13.9 Å². The Morgan fingerprint density at radius 3 is 2.09 bits per heavy atom. The van der Waals surface area contributed by atoms with Gasteiger partial charge in [0.2, 0.25) is 0 Å². The molecule has 4 heteroatoms. The van der Waals surface area contributed by atoms with E-state index in [4.69, 9.17) is 13.9 Å². The molecule has 0 radical (unpaired) electrons. The molecule has 0 N–H and O–H groups in total. The van der Waals surface area contributed by atoms with Gasteiger partial charge >= 0.3 is 0 Å². The number of hydrogen-bond donors (Lipinski definition) is 0. The standard InChI is InChI=1S/C29H40O3Si/c1-25(20-21-28-30-23-24-31-28)15-9-5-6-14-22-32-33(29(2,3)4,26-16-10-7-11-17-26)27-18-12-8-13-19-27/h5,7-13,15-19,28H,6,14,20-24H2,1-4H3. The van der Waals surface area contributed by atoms with Gasteiger partial charge in [0.05, 0.1) is 13.2 Å². The van der Waals surface area contributed by atoms with E-state index in [9.17, 15) is 0 Å². The lowest BCUT2D eigenvalue weighted by molar-refractivity contribution is -0.0461. The van der Waals surface area contributed by atoms with Crippen LogP contribution in [0.3, 0.4) is 0 Å². The zero-order valence-corrected chi connectivity index (χ0v) is 21.8. The monoisotopic (exact) mass is 464 g/mol. The molecule has 0 amide bonds. The fourth-order valence-electron chi connectivity index (χ4n) is 4.52. The Bertz CT molecular complexity index is 839. The van der Waals surface area contributed by atoms with Crippen molar-refractivity contribution < 1.29 is 13.9 Å². The summed E-state index contributed by atoms with van der Waals surface area (Å²) < 4.78 is 18.0. The van der Waals surface area contributed by atoms with Crippen LogP contribution in [0, 0.1) is 0 Å². The van der Waals surface area contributed by atoms with Crippen molar-refractivity contribution in [3.05, 3.63) is 84.5 Å². The van der Waals surface area contributed by atoms with Gasteiger partial charge in [-0.25, -0.2) is 0 Å². The Morgan fingerprint density at radius 1 is 0.970 bits per heavy atom. The number of hydrogen-bond acceptors (Lipinski definition) is 3. The van der Waals surface area contributed by atoms with Crippen LogP contribution in [-0.2, 0) is 13.9 Å². The highest BCUT2D eigenvalue weighted by Crippen LogP contribution is 2.36. The molecule has 1 heterocycles. The van der Waals surface area contributed by atoms with E-state index in [-0.39, 0.29) is 11.3 Å². The molecule has 0 aromatic heterocycles. The normalized spacial score (nSPS) is 16.1. The van der Waals surface area contributed by atoms with E-state index in [2.05, 4.69) is 107 Å². The molecule has 0 aliphatic carbocycles. The highest BCUT2D eigenvalue weighted by atomic mass is 28.4. The predicted molar refractivity (Wildman–Crippen MR) is 141 cm³/mol. The van der Waals surface area contributed by atoms with E-state index < -0.39 is 8.32 Å². The number of benzene rings is 2. The van der Waals surface area contributed by atoms with E-state index in [1.807, 2.05) is 0 Å². The third-order valence-electron chi connectivity index (χ3n) is 6.23. The van der Waals surface area contributed by atoms with Crippen LogP contribution in [-0.4, -0.2) is 34.4 Å². The Labute approximate surface area is 201 Å². The summed E-state index contributed by atoms with van der Waals surface area (Å²) in [6, 6.07) is 21.7. The van der Waals surface area contributed by atoms with Crippen molar-refractivity contribution in [2.24, 2.45) is 0 Å². The average molecular weight is 465 g/mol. The van der Waals surface area contributed by atoms with Crippen molar-refractivity contribution in [1.29, 1.82) is 0 Å². The van der Waals surface area contributed by atoms with Crippen LogP contribution in [0.25, 0.3) is 0 Å². The molecule has 178 valence electrons. The van der Waals surface area contributed by atoms with Gasteiger partial charge in [0.15, 0.2) is 6.29 Å². The first-order valence-corrected chi connectivity index (χ1v) is 14.1. The highest BCUT2D eigenvalue weighted by Gasteiger charge is 2.49. The second-order valence-corrected chi connectivity index (χ2v) is 14.1. The lowest BCUT2D eigenvalue weighted by Crippen LogP contribution is -2.66. The first-order chi connectivity index (χ1) is 15.9. The first kappa shape index (κ1) is 25.6. The van der Waals surface area contributed by atoms with Crippen molar-refractivity contribution in [1.82, 2.24) is 0 Å². The molecule has 0 spiro atoms. The van der Waals surface area contributed by atoms with Gasteiger partial charge in [-0.2, -0.15) is 0 Å². The minimum Gasteiger partial charge on any atom is -0.407 e. The fourth-order valence-corrected chi connectivity index (χ4v) is 9.13. The Hall–Kier alpha value is -1.98. The molecule has 2 aromatic rings. The zero-order chi connectivity index (χ0) is 23.6. The average Bonchev–Trinajstić information content (AvgIpc) is 3.34. The molecule has 1 saturated heterocycles. The summed E-state index contributed by atoms with van der Waals surface area (Å²) >= 11 is 0. The zero-order valence-electron chi connectivity index (χ0n) is 20.8. The Morgan fingerprint density at radius 2 is 1.55 bits per heavy atom. The molecular formula is C29H40O3Si. The number of unbranched alkanes of at least 4 members (excludes halogenated alkanes) is 1. The van der Waals surface area contributed by atoms with Gasteiger partial charge in [-0.15, -0.1) is 0 Å². The van der Waals surface area contributed by atoms with E-state index >= 15 is 0 Å². The van der Waals surface area contributed by atoms with Gasteiger partial charge in [-0.3, -0.25) is 0 Å². The maximum atomic E-state index is 6.95. The van der Waals surface area contributed by atoms with Crippen molar-refractivity contribution in [3.63, 3.8) is 0 Å². The highest BCUT2D eigenvalue weighted by molar-refractivity contribution is 6.99. The first-order valence-electron chi connectivity index (χ1n) is 12.2. The molecule has 3 nitrogen and oxygen atoms in total. The second kappa shape index (κ2) is 12.5. The van der Waals surface area contributed by atoms with Crippen LogP contribution in [0.15, 0.2) is 84.5 Å². The second-order valence-electron chi connectivity index (χ2n) is 9.80. The van der Waals surface area contributed by atoms with Crippen molar-refractivity contribution in [3.8, 4) is 0 Å². The van der Waals surface area contributed by atoms with Gasteiger partial charge in [0.1, 0.15) is 0 Å². The summed E-state index contributed by atoms with van der Waals surface area (Å²) in [7, 11) is -2.42. The third kappa shape index (κ3) is 7.00. The fraction of sp³-hybridized carbons (Fsp3) is 0.448. The molecule has 2 aromatic carbocycles. The number of allylic oxidation sites excluding steroid dienone is 4. The molecule has 1 aliphatic heterocycles. The maximum Gasteiger partial charge on any atom is 0.261 e. The Balaban J connectivity index is 1.59. The third-order valence-corrected chi connectivity index (χ3v) is 11.3. The van der Waals surface area contributed by atoms with Crippen LogP contribution in [0.5, 0.6) is 0 Å². The van der Waals surface area contributed by atoms with E-state index in [0.29, 0.717) is 0 Å². The van der Waals surface area contributed by atoms with Crippen LogP contribution in [0.4, 0.5) is 0 Å². The summed E-state index contributed by atoms with van der Waals surface area (Å²) in [5, 5.41) is 2.71. The van der Waals surface area contributed by atoms with Crippen molar-refractivity contribution >= 4 is 18.7 Å². The summed E-state index contributed by atoms with van der Waals surface area (Å²) in [5.74, 6) is 0. The molecule has 3 rings (SSSR count). The van der Waals surface area contributed by atoms with Crippen LogP contribution in [0.1, 0.15) is 53.4 Å². The summed E-state index contributed by atoms with van der Waals surface area (Å²) in [6.45, 7) is 11.4. The molecule has 0 saturated carbocycles. The van der Waals surface area contributed by atoms with Crippen molar-refractivity contribution in [2.45, 2.75) is 64.7 Å². The number of rotatable bonds is 11. The van der Waals surface area contributed by atoms with E-state index in [1.54, 1.807) is 0 Å². The lowest BCUT2D eigenvalue weighted by atomic mass is 10.1. The quantitative estimate of drug-likeness (QED) is 0.232. The molecule has 0 atom stereocenters. The van der Waals surface area contributed by atoms with Gasteiger partial charge in [-0.1, -0.05) is 105 Å². The van der Waals surface area contributed by atoms with E-state index in [1.165, 1.54) is 15.9 Å². The minimum atomic E-state index is -2.42. The molecule has 1 aliphatic rings. The molecule has 0 bridgehead atoms. The van der Waals surface area contributed by atoms with Crippen molar-refractivity contribution in [2.75, 3.05) is 19.8 Å². The summed E-state index contributed by atoms with van der Waals surface area (Å²) in [5.41, 5.74) is 1.36. The summed E-state index contributed by atoms with van der Waals surface area (Å²) in [6.07, 6.45) is 10.6. The van der Waals surface area contributed by atoms with Gasteiger partial charge in [0.25, 0.3) is 8.32 Å². The lowest BCUT2D eigenvalue weighted by Gasteiger charge is -2.43. The Kier molecular flexibility index (Phi) is 9.69.